The van der Waals surface area contributed by atoms with Crippen molar-refractivity contribution >= 4 is 183 Å². The third kappa shape index (κ3) is 28.5. The maximum Gasteiger partial charge on any atom is 0.300 e. The molecule has 7 aromatic carbocycles. The number of imide groups is 4. The Morgan fingerprint density at radius 1 is 0.469 bits per heavy atom. The van der Waals surface area contributed by atoms with Gasteiger partial charge in [-0.15, -0.1) is 15.2 Å². The molecule has 12 rings (SSSR count). The van der Waals surface area contributed by atoms with E-state index in [2.05, 4.69) is 58.6 Å². The zero-order valence-electron chi connectivity index (χ0n) is 65.9. The summed E-state index contributed by atoms with van der Waals surface area (Å²) in [5.41, 5.74) is 9.66. The number of fused-ring (bicyclic) bond motifs is 3. The van der Waals surface area contributed by atoms with Crippen molar-refractivity contribution in [3.63, 3.8) is 0 Å². The molecule has 0 radical (unpaired) electrons. The molecule has 8 aromatic rings. The molecule has 700 valence electrons. The third-order valence-electron chi connectivity index (χ3n) is 14.4. The van der Waals surface area contributed by atoms with Crippen LogP contribution in [-0.4, -0.2) is 206 Å². The van der Waals surface area contributed by atoms with Gasteiger partial charge < -0.3 is 28.5 Å². The molecule has 2 N–H and O–H groups in total. The predicted molar refractivity (Wildman–Crippen MR) is 421 cm³/mol. The summed E-state index contributed by atoms with van der Waals surface area (Å²) in [5.74, 6) is -32.9. The fourth-order valence-corrected chi connectivity index (χ4v) is 12.5. The maximum absolute atomic E-state index is 13.0. The Morgan fingerprint density at radius 2 is 0.805 bits per heavy atom. The van der Waals surface area contributed by atoms with Crippen LogP contribution in [0.4, 0.5) is 61.5 Å². The fourth-order valence-electron chi connectivity index (χ4n) is 8.90. The summed E-state index contributed by atoms with van der Waals surface area (Å²) in [6.07, 6.45) is -0.00907. The average molecular weight is 2060 g/mol. The van der Waals surface area contributed by atoms with Crippen LogP contribution in [0.15, 0.2) is 64.6 Å². The highest BCUT2D eigenvalue weighted by atomic mass is 35.5. The predicted octanol–water partition coefficient (Wildman–Crippen LogP) is 15.8. The number of hydrogen-bond acceptors (Lipinski definition) is 26. The summed E-state index contributed by atoms with van der Waals surface area (Å²) in [6, 6.07) is 16.2. The van der Waals surface area contributed by atoms with Crippen molar-refractivity contribution < 1.29 is 174 Å². The van der Waals surface area contributed by atoms with E-state index in [1.807, 2.05) is 24.3 Å². The molecular weight excluding hydrogens is 2000 g/mol. The summed E-state index contributed by atoms with van der Waals surface area (Å²) in [5, 5.41) is 19.2. The van der Waals surface area contributed by atoms with E-state index in [0.717, 1.165) is 49.6 Å². The summed E-state index contributed by atoms with van der Waals surface area (Å²) in [4.78, 5) is 114. The number of hydroxylamine groups is 8. The summed E-state index contributed by atoms with van der Waals surface area (Å²) in [6.45, 7) is 0.194. The fraction of sp³-hybridized carbons (Fsp3) is 0.250. The van der Waals surface area contributed by atoms with Gasteiger partial charge in [-0.05, 0) is 35.0 Å². The van der Waals surface area contributed by atoms with Crippen LogP contribution in [0.2, 0.25) is 45.2 Å². The molecule has 2 saturated heterocycles. The molecule has 0 bridgehead atoms. The minimum atomic E-state index is -5.42. The topological polar surface area (TPSA) is 454 Å². The standard InChI is InChI=1S/C9H3Cl4NO3.C9H7NO3.C7H3Cl5O.C7H3F5O.C7H4F4O4S.C7H4F4O.C7H7N3O.C5H7NO6S.C5H7NO3.C3H5NO.CH3F.CH3N3/c1-17-14-8(15)2-3(9(14)16)5(11)7(13)6(12)4(2)10;1-13-10-8(11)6-4-2-3-5-7(6)9(10)12;2*1-13-7-5(11)3(9)2(8)4(10)6(7)12;1-15-6-2(8)4(10)7(16(12,13)14)5(11)3(6)9;1-12-7-5(10)3(8)2-4(9)6(7)11;1-11-10-7-5-3-2-4-6(7)8-9-10;1-12-6-4(7)2-3(5(6)8)13(9,10)11;1-9-6-4(7)2-3-5(6)8;1-5-3-2-4;1-2;1-3-4-2/h1H3;2-5H,1H3;2*1H3;1H3,(H,12,13,14);2H,1H3;2-5H,1H3;3H,2H2,1H3,(H,9,10,11);2-3H2,1H3;3H2,1H3;1H3;1H3. The smallest absolute Gasteiger partial charge is 0.300 e. The molecule has 128 heavy (non-hydrogen) atoms. The Hall–Kier alpha value is -10.5. The van der Waals surface area contributed by atoms with Crippen LogP contribution in [-0.2, 0) is 63.5 Å². The molecule has 5 heterocycles. The molecule has 4 aliphatic rings. The summed E-state index contributed by atoms with van der Waals surface area (Å²) >= 11 is 52.2. The summed E-state index contributed by atoms with van der Waals surface area (Å²) < 4.78 is 254. The van der Waals surface area contributed by atoms with Crippen molar-refractivity contribution in [3.8, 4) is 29.1 Å². The first-order chi connectivity index (χ1) is 59.8. The number of para-hydroxylation sites is 1. The second-order valence-electron chi connectivity index (χ2n) is 21.7. The van der Waals surface area contributed by atoms with Gasteiger partial charge in [0.15, 0.2) is 56.4 Å². The number of ether oxygens (including phenoxy) is 5. The second kappa shape index (κ2) is 53.5. The minimum Gasteiger partial charge on any atom is -0.494 e. The number of hydrogen-bond donors (Lipinski definition) is 2. The number of rotatable bonds is 12. The van der Waals surface area contributed by atoms with E-state index in [9.17, 15) is 117 Å². The first kappa shape index (κ1) is 116. The number of alkyl halides is 1. The molecule has 4 aliphatic heterocycles. The molecule has 0 aliphatic carbocycles. The molecule has 1 aromatic heterocycles. The van der Waals surface area contributed by atoms with E-state index in [0.29, 0.717) is 28.4 Å². The van der Waals surface area contributed by atoms with Gasteiger partial charge in [0.05, 0.1) is 134 Å². The number of nitrogens with zero attached hydrogens (tertiary/aromatic N) is 11. The SMILES string of the molecule is CF.CN=[N+]=[N-].COCC#N.CON1C(=O)CC(S(=O)(=O)O)C1=O.CON1C(=O)CCC1=O.CON1C(=O)c2c(Cl)c(Cl)c(Cl)c(Cl)c2C1=O.CON1C(=O)c2ccccc2C1=O.COc1c(Cl)c(Cl)c(Cl)c(Cl)c1Cl.COc1c(F)c(F)c(F)c(F)c1F.COc1c(F)c(F)c(S(=O)(=O)O)c(F)c1F.COc1c(F)c(F)cc(F)c1F.COn1nnc2ccccc21. The number of carbonyl (C=O) groups excluding carboxylic acids is 8. The number of methoxy groups -OCH3 is 5. The van der Waals surface area contributed by atoms with Crippen LogP contribution >= 0.6 is 104 Å². The largest absolute Gasteiger partial charge is 0.494 e. The number of benzene rings is 7. The molecule has 8 amide bonds. The lowest BCUT2D eigenvalue weighted by molar-refractivity contribution is -0.180. The highest BCUT2D eigenvalue weighted by Gasteiger charge is 2.47. The summed E-state index contributed by atoms with van der Waals surface area (Å²) in [7, 11) is 3.69. The second-order valence-corrected chi connectivity index (χ2v) is 28.1. The number of azide groups is 1. The van der Waals surface area contributed by atoms with Gasteiger partial charge in [-0.2, -0.15) is 58.6 Å². The number of nitriles is 1. The zero-order chi connectivity index (χ0) is 98.9. The van der Waals surface area contributed by atoms with Crippen molar-refractivity contribution in [2.45, 2.75) is 29.4 Å². The van der Waals surface area contributed by atoms with Crippen molar-refractivity contribution in [1.29, 1.82) is 5.26 Å². The average Bonchev–Trinajstić information content (AvgIpc) is 1.59. The first-order valence-corrected chi connectivity index (χ1v) is 38.6. The van der Waals surface area contributed by atoms with Crippen molar-refractivity contribution in [2.24, 2.45) is 5.11 Å². The van der Waals surface area contributed by atoms with Crippen LogP contribution in [0.25, 0.3) is 21.5 Å². The first-order valence-electron chi connectivity index (χ1n) is 32.3. The van der Waals surface area contributed by atoms with E-state index in [1.54, 1.807) is 37.4 Å². The Kier molecular flexibility index (Phi) is 48.3. The minimum absolute atomic E-state index is 0.0730. The normalized spacial score (nSPS) is 13.1. The van der Waals surface area contributed by atoms with Gasteiger partial charge in [0, 0.05) is 38.0 Å². The van der Waals surface area contributed by atoms with Crippen LogP contribution < -0.4 is 23.8 Å². The molecule has 1 atom stereocenters. The van der Waals surface area contributed by atoms with E-state index in [4.69, 9.17) is 134 Å². The zero-order valence-corrected chi connectivity index (χ0v) is 74.3. The molecule has 1 unspecified atom stereocenters. The van der Waals surface area contributed by atoms with E-state index in [-0.39, 0.29) is 99.4 Å². The number of carbonyl (C=O) groups is 8. The van der Waals surface area contributed by atoms with Gasteiger partial charge >= 0.3 is 10.1 Å². The van der Waals surface area contributed by atoms with Crippen molar-refractivity contribution in [1.82, 2.24) is 35.4 Å². The van der Waals surface area contributed by atoms with E-state index < -0.39 is 165 Å². The van der Waals surface area contributed by atoms with E-state index in [1.165, 1.54) is 47.4 Å². The number of amides is 8. The number of halogens is 23. The monoisotopic (exact) mass is 2050 g/mol. The molecule has 0 saturated carbocycles. The molecule has 2 fully saturated rings. The Labute approximate surface area is 756 Å². The maximum atomic E-state index is 13.0. The van der Waals surface area contributed by atoms with Crippen LogP contribution in [0.5, 0.6) is 23.0 Å². The van der Waals surface area contributed by atoms with Gasteiger partial charge in [0.25, 0.3) is 57.4 Å². The van der Waals surface area contributed by atoms with Gasteiger partial charge in [0.1, 0.15) is 34.8 Å². The van der Waals surface area contributed by atoms with Gasteiger partial charge in [-0.3, -0.25) is 71.2 Å². The van der Waals surface area contributed by atoms with Gasteiger partial charge in [-0.1, -0.05) is 139 Å². The highest BCUT2D eigenvalue weighted by molar-refractivity contribution is 7.87. The van der Waals surface area contributed by atoms with Crippen LogP contribution in [0, 0.1) is 87.0 Å². The van der Waals surface area contributed by atoms with E-state index >= 15 is 0 Å². The Bertz CT molecular complexity index is 5510. The van der Waals surface area contributed by atoms with Crippen molar-refractivity contribution in [2.75, 3.05) is 91.9 Å². The lowest BCUT2D eigenvalue weighted by Gasteiger charge is -2.10. The highest BCUT2D eigenvalue weighted by Crippen LogP contribution is 2.49. The van der Waals surface area contributed by atoms with Crippen LogP contribution in [0.1, 0.15) is 60.7 Å². The lowest BCUT2D eigenvalue weighted by atomic mass is 10.1. The van der Waals surface area contributed by atoms with Crippen molar-refractivity contribution in [3.05, 3.63) is 208 Å². The van der Waals surface area contributed by atoms with Gasteiger partial charge in [0.2, 0.25) is 52.4 Å². The molecular formula is C68H56Cl9F14N11O24S2. The lowest BCUT2D eigenvalue weighted by Crippen LogP contribution is -2.34. The Morgan fingerprint density at radius 3 is 1.11 bits per heavy atom. The Balaban J connectivity index is 0.000000712. The van der Waals surface area contributed by atoms with Crippen LogP contribution in [0.3, 0.4) is 0 Å². The molecule has 0 spiro atoms. The molecule has 35 nitrogen and oxygen atoms in total. The quantitative estimate of drug-likeness (QED) is 0.0168. The molecule has 60 heteroatoms. The third-order valence-corrected chi connectivity index (χ3v) is 20.4. The number of aromatic nitrogens is 3. The van der Waals surface area contributed by atoms with Gasteiger partial charge in [-0.25, -0.2) is 30.7 Å².